The summed E-state index contributed by atoms with van der Waals surface area (Å²) in [6.45, 7) is 21.3. The molecule has 59 heavy (non-hydrogen) atoms. The molecule has 8 atom stereocenters. The molecule has 3 aliphatic carbocycles. The first-order valence-corrected chi connectivity index (χ1v) is 27.3. The van der Waals surface area contributed by atoms with Crippen LogP contribution in [0.15, 0.2) is 60.7 Å². The summed E-state index contributed by atoms with van der Waals surface area (Å²) < 4.78 is 38.7. The average Bonchev–Trinajstić information content (AvgIpc) is 3.61. The second-order valence-corrected chi connectivity index (χ2v) is 30.5. The van der Waals surface area contributed by atoms with Crippen molar-refractivity contribution in [1.29, 1.82) is 0 Å². The van der Waals surface area contributed by atoms with Gasteiger partial charge in [0.25, 0.3) is 8.32 Å². The van der Waals surface area contributed by atoms with Gasteiger partial charge in [-0.15, -0.1) is 0 Å². The van der Waals surface area contributed by atoms with E-state index in [2.05, 4.69) is 88.9 Å². The molecule has 4 fully saturated rings. The van der Waals surface area contributed by atoms with E-state index in [1.165, 1.54) is 6.92 Å². The summed E-state index contributed by atoms with van der Waals surface area (Å²) >= 11 is 0. The second-order valence-electron chi connectivity index (χ2n) is 20.6. The van der Waals surface area contributed by atoms with Crippen LogP contribution < -0.4 is 10.4 Å². The van der Waals surface area contributed by atoms with Crippen LogP contribution >= 0.6 is 0 Å². The number of rotatable bonds is 16. The number of benzene rings is 2. The molecule has 0 aromatic heterocycles. The first-order chi connectivity index (χ1) is 27.6. The van der Waals surface area contributed by atoms with Crippen LogP contribution in [0.5, 0.6) is 0 Å². The molecule has 0 bridgehead atoms. The summed E-state index contributed by atoms with van der Waals surface area (Å²) in [6, 6.07) is 21.8. The van der Waals surface area contributed by atoms with Gasteiger partial charge in [-0.1, -0.05) is 108 Å². The molecule has 2 aromatic rings. The van der Waals surface area contributed by atoms with Gasteiger partial charge in [0, 0.05) is 71.1 Å². The summed E-state index contributed by atoms with van der Waals surface area (Å²) in [5.41, 5.74) is -2.22. The number of carbonyl (C=O) groups excluding carboxylic acids is 4. The first kappa shape index (κ1) is 45.7. The molecule has 10 nitrogen and oxygen atoms in total. The third kappa shape index (κ3) is 9.34. The molecule has 324 valence electrons. The first-order valence-electron chi connectivity index (χ1n) is 21.6. The number of carbonyl (C=O) groups is 4. The highest BCUT2D eigenvalue weighted by atomic mass is 28.4. The van der Waals surface area contributed by atoms with Gasteiger partial charge in [-0.25, -0.2) is 0 Å². The maximum atomic E-state index is 14.9. The molecule has 12 heteroatoms. The lowest BCUT2D eigenvalue weighted by Gasteiger charge is -2.55. The Labute approximate surface area is 353 Å². The molecule has 3 saturated carbocycles. The van der Waals surface area contributed by atoms with Gasteiger partial charge in [-0.3, -0.25) is 19.2 Å². The predicted molar refractivity (Wildman–Crippen MR) is 232 cm³/mol. The van der Waals surface area contributed by atoms with E-state index >= 15 is 0 Å². The number of hydrogen-bond acceptors (Lipinski definition) is 10. The molecular formula is C47H68O10Si2. The van der Waals surface area contributed by atoms with Crippen molar-refractivity contribution in [3.8, 4) is 0 Å². The van der Waals surface area contributed by atoms with Crippen LogP contribution in [0.25, 0.3) is 0 Å². The fraction of sp³-hybridized carbons (Fsp3) is 0.660. The molecule has 0 N–H and O–H groups in total. The largest absolute Gasteiger partial charge is 0.462 e. The van der Waals surface area contributed by atoms with Gasteiger partial charge in [0.1, 0.15) is 30.2 Å². The van der Waals surface area contributed by atoms with Crippen LogP contribution in [0.4, 0.5) is 0 Å². The van der Waals surface area contributed by atoms with E-state index in [9.17, 15) is 19.2 Å². The topological polar surface area (TPSA) is 124 Å². The van der Waals surface area contributed by atoms with E-state index in [1.54, 1.807) is 0 Å². The summed E-state index contributed by atoms with van der Waals surface area (Å²) in [7, 11) is -4.30. The molecule has 4 aliphatic rings. The van der Waals surface area contributed by atoms with E-state index < -0.39 is 69.1 Å². The Balaban J connectivity index is 1.35. The number of ether oxygens (including phenoxy) is 5. The molecule has 1 aliphatic heterocycles. The summed E-state index contributed by atoms with van der Waals surface area (Å²) in [4.78, 5) is 56.3. The normalized spacial score (nSPS) is 30.2. The van der Waals surface area contributed by atoms with Crippen LogP contribution in [0.1, 0.15) is 87.0 Å². The predicted octanol–water partition coefficient (Wildman–Crippen LogP) is 7.27. The Kier molecular flexibility index (Phi) is 13.5. The van der Waals surface area contributed by atoms with E-state index in [0.717, 1.165) is 16.4 Å². The molecule has 0 unspecified atom stereocenters. The van der Waals surface area contributed by atoms with Gasteiger partial charge < -0.3 is 28.1 Å². The molecule has 0 radical (unpaired) electrons. The highest BCUT2D eigenvalue weighted by molar-refractivity contribution is 6.99. The number of hydrogen-bond donors (Lipinski definition) is 0. The smallest absolute Gasteiger partial charge is 0.302 e. The van der Waals surface area contributed by atoms with Crippen LogP contribution in [0, 0.1) is 28.6 Å². The monoisotopic (exact) mass is 848 g/mol. The number of ketones is 3. The molecular weight excluding hydrogens is 781 g/mol. The Morgan fingerprint density at radius 3 is 2.07 bits per heavy atom. The minimum absolute atomic E-state index is 0.00909. The lowest BCUT2D eigenvalue weighted by Crippen LogP contribution is -2.67. The Bertz CT molecular complexity index is 1780. The van der Waals surface area contributed by atoms with E-state index in [4.69, 9.17) is 28.1 Å². The Morgan fingerprint density at radius 1 is 0.864 bits per heavy atom. The highest BCUT2D eigenvalue weighted by Crippen LogP contribution is 2.58. The van der Waals surface area contributed by atoms with Crippen LogP contribution in [-0.4, -0.2) is 90.4 Å². The SMILES string of the molecule is CC(=O)O[C@H](C[C@@]1(C)C(=O)CC[C@@H]1CO[Si](c1ccccc1)(c1ccccc1)C(C)(C)C)[C@H]1CC(=O)C[C@@H]2[C@H]3OC(C)(C)O[C@H]3CC(=O)[C@@]21COCOCC[Si](C)(C)C. The van der Waals surface area contributed by atoms with Gasteiger partial charge in [0.15, 0.2) is 5.79 Å². The summed E-state index contributed by atoms with van der Waals surface area (Å²) in [5.74, 6) is -3.11. The van der Waals surface area contributed by atoms with Gasteiger partial charge in [0.05, 0.1) is 24.2 Å². The van der Waals surface area contributed by atoms with Gasteiger partial charge in [-0.2, -0.15) is 0 Å². The maximum absolute atomic E-state index is 14.9. The lowest BCUT2D eigenvalue weighted by molar-refractivity contribution is -0.199. The molecule has 0 amide bonds. The third-order valence-corrected chi connectivity index (χ3v) is 20.5. The Hall–Kier alpha value is -2.85. The number of Topliss-reactive ketones (excluding diaryl/α,β-unsaturated/α-hetero) is 3. The molecule has 1 heterocycles. The maximum Gasteiger partial charge on any atom is 0.302 e. The number of esters is 1. The average molecular weight is 849 g/mol. The highest BCUT2D eigenvalue weighted by Gasteiger charge is 2.67. The standard InChI is InChI=1S/C47H68O10Si2/c1-32(48)55-40(28-46(7)33(21-22-41(46)50)29-54-59(44(2,3)4,35-17-13-11-14-18-35)36-19-15-12-16-20-36)37-25-34(49)26-38-43-39(56-45(5,6)57-43)27-42(51)47(37,38)30-53-31-52-23-24-58(8,9)10/h11-20,33,37-40,43H,21-31H2,1-10H3/t33-,37-,38-,39+,40-,43-,46-,47-/m1/s1. The third-order valence-electron chi connectivity index (χ3n) is 13.8. The number of fused-ring (bicyclic) bond motifs is 3. The fourth-order valence-electron chi connectivity index (χ4n) is 10.8. The summed E-state index contributed by atoms with van der Waals surface area (Å²) in [5, 5.41) is 2.03. The van der Waals surface area contributed by atoms with Crippen molar-refractivity contribution >= 4 is 50.1 Å². The van der Waals surface area contributed by atoms with Crippen molar-refractivity contribution in [3.05, 3.63) is 60.7 Å². The van der Waals surface area contributed by atoms with Crippen LogP contribution in [0.3, 0.4) is 0 Å². The zero-order chi connectivity index (χ0) is 43.0. The van der Waals surface area contributed by atoms with Gasteiger partial charge in [0.2, 0.25) is 0 Å². The Morgan fingerprint density at radius 2 is 1.49 bits per heavy atom. The van der Waals surface area contributed by atoms with Crippen LogP contribution in [0.2, 0.25) is 30.7 Å². The van der Waals surface area contributed by atoms with E-state index in [0.29, 0.717) is 26.1 Å². The zero-order valence-electron chi connectivity index (χ0n) is 37.1. The van der Waals surface area contributed by atoms with Crippen molar-refractivity contribution in [2.45, 2.75) is 142 Å². The second kappa shape index (κ2) is 17.5. The summed E-state index contributed by atoms with van der Waals surface area (Å²) in [6.07, 6.45) is -0.686. The van der Waals surface area contributed by atoms with Gasteiger partial charge in [-0.05, 0) is 54.1 Å². The van der Waals surface area contributed by atoms with Crippen molar-refractivity contribution < 1.29 is 47.3 Å². The van der Waals surface area contributed by atoms with Gasteiger partial charge >= 0.3 is 5.97 Å². The van der Waals surface area contributed by atoms with E-state index in [-0.39, 0.29) is 67.4 Å². The molecule has 0 spiro atoms. The molecule has 1 saturated heterocycles. The van der Waals surface area contributed by atoms with Crippen molar-refractivity contribution in [2.24, 2.45) is 28.6 Å². The molecule has 2 aromatic carbocycles. The van der Waals surface area contributed by atoms with Crippen LogP contribution in [-0.2, 0) is 47.3 Å². The van der Waals surface area contributed by atoms with E-state index in [1.807, 2.05) is 32.9 Å². The lowest BCUT2D eigenvalue weighted by atomic mass is 9.50. The van der Waals surface area contributed by atoms with Crippen molar-refractivity contribution in [2.75, 3.05) is 26.6 Å². The van der Waals surface area contributed by atoms with Crippen molar-refractivity contribution in [3.63, 3.8) is 0 Å². The quantitative estimate of drug-likeness (QED) is 0.0738. The minimum atomic E-state index is -2.95. The zero-order valence-corrected chi connectivity index (χ0v) is 39.1. The fourth-order valence-corrected chi connectivity index (χ4v) is 16.2. The molecule has 6 rings (SSSR count). The minimum Gasteiger partial charge on any atom is -0.462 e. The van der Waals surface area contributed by atoms with Crippen molar-refractivity contribution in [1.82, 2.24) is 0 Å².